The van der Waals surface area contributed by atoms with Crippen LogP contribution in [-0.2, 0) is 0 Å². The summed E-state index contributed by atoms with van der Waals surface area (Å²) in [4.78, 5) is 0. The van der Waals surface area contributed by atoms with Crippen molar-refractivity contribution in [2.75, 3.05) is 0 Å². The number of piperidine rings is 1. The van der Waals surface area contributed by atoms with E-state index in [1.165, 1.54) is 12.8 Å². The average Bonchev–Trinajstić information content (AvgIpc) is 2.69. The number of nitrogens with one attached hydrogen (secondary N) is 1. The van der Waals surface area contributed by atoms with Crippen LogP contribution in [0.4, 0.5) is 0 Å². The summed E-state index contributed by atoms with van der Waals surface area (Å²) in [6.45, 7) is 0. The molecule has 2 bridgehead atoms. The third-order valence-corrected chi connectivity index (χ3v) is 4.61. The third kappa shape index (κ3) is 1.67. The molecule has 0 aromatic heterocycles. The molecule has 0 saturated carbocycles. The predicted octanol–water partition coefficient (Wildman–Crippen LogP) is 3.40. The number of benzene rings is 1. The van der Waals surface area contributed by atoms with Crippen LogP contribution in [0, 0.1) is 0 Å². The molecular weight excluding hydrogens is 246 g/mol. The van der Waals surface area contributed by atoms with Gasteiger partial charge in [0.2, 0.25) is 0 Å². The van der Waals surface area contributed by atoms with Gasteiger partial charge < -0.3 is 10.1 Å². The second-order valence-electron chi connectivity index (χ2n) is 5.73. The largest absolute Gasteiger partial charge is 0.482 e. The average molecular weight is 262 g/mol. The first-order valence-corrected chi connectivity index (χ1v) is 7.04. The maximum Gasteiger partial charge on any atom is 0.130 e. The van der Waals surface area contributed by atoms with E-state index < -0.39 is 0 Å². The molecule has 1 N–H and O–H groups in total. The maximum atomic E-state index is 6.31. The van der Waals surface area contributed by atoms with Crippen molar-refractivity contribution in [3.8, 4) is 5.75 Å². The van der Waals surface area contributed by atoms with Gasteiger partial charge in [-0.15, -0.1) is 0 Å². The second kappa shape index (κ2) is 3.75. The zero-order valence-electron chi connectivity index (χ0n) is 10.2. The Kier molecular flexibility index (Phi) is 2.27. The Bertz CT molecular complexity index is 513. The van der Waals surface area contributed by atoms with E-state index in [-0.39, 0.29) is 5.60 Å². The first-order chi connectivity index (χ1) is 8.72. The van der Waals surface area contributed by atoms with Crippen molar-refractivity contribution in [1.29, 1.82) is 0 Å². The quantitative estimate of drug-likeness (QED) is 0.773. The molecule has 2 fully saturated rings. The normalized spacial score (nSPS) is 36.5. The predicted molar refractivity (Wildman–Crippen MR) is 73.0 cm³/mol. The van der Waals surface area contributed by atoms with Crippen LogP contribution in [0.15, 0.2) is 24.3 Å². The van der Waals surface area contributed by atoms with Crippen molar-refractivity contribution < 1.29 is 4.74 Å². The molecule has 2 saturated heterocycles. The fourth-order valence-electron chi connectivity index (χ4n) is 3.59. The van der Waals surface area contributed by atoms with Crippen LogP contribution in [-0.4, -0.2) is 17.7 Å². The third-order valence-electron chi connectivity index (χ3n) is 4.37. The first kappa shape index (κ1) is 10.9. The molecule has 2 nitrogen and oxygen atoms in total. The van der Waals surface area contributed by atoms with Crippen LogP contribution in [0.1, 0.15) is 31.2 Å². The number of ether oxygens (including phenoxy) is 1. The van der Waals surface area contributed by atoms with Crippen molar-refractivity contribution in [2.24, 2.45) is 0 Å². The monoisotopic (exact) mass is 261 g/mol. The minimum atomic E-state index is -0.102. The van der Waals surface area contributed by atoms with Crippen molar-refractivity contribution >= 4 is 17.7 Å². The Morgan fingerprint density at radius 1 is 1.22 bits per heavy atom. The second-order valence-corrected chi connectivity index (χ2v) is 6.16. The summed E-state index contributed by atoms with van der Waals surface area (Å²) in [5.74, 6) is 0.936. The summed E-state index contributed by atoms with van der Waals surface area (Å²) in [6, 6.07) is 7.12. The van der Waals surface area contributed by atoms with Gasteiger partial charge in [0, 0.05) is 35.5 Å². The lowest BCUT2D eigenvalue weighted by Crippen LogP contribution is -2.51. The van der Waals surface area contributed by atoms with Gasteiger partial charge in [0.15, 0.2) is 0 Å². The Labute approximate surface area is 112 Å². The fourth-order valence-corrected chi connectivity index (χ4v) is 3.75. The molecular formula is C15H16ClNO. The molecule has 3 heteroatoms. The Morgan fingerprint density at radius 3 is 2.78 bits per heavy atom. The Balaban J connectivity index is 1.70. The van der Waals surface area contributed by atoms with Gasteiger partial charge in [0.05, 0.1) is 0 Å². The van der Waals surface area contributed by atoms with Gasteiger partial charge in [-0.1, -0.05) is 17.7 Å². The summed E-state index contributed by atoms with van der Waals surface area (Å²) >= 11 is 6.06. The van der Waals surface area contributed by atoms with E-state index in [1.54, 1.807) is 0 Å². The van der Waals surface area contributed by atoms with E-state index in [9.17, 15) is 0 Å². The number of hydrogen-bond donors (Lipinski definition) is 1. The number of rotatable bonds is 0. The highest BCUT2D eigenvalue weighted by Gasteiger charge is 2.45. The summed E-state index contributed by atoms with van der Waals surface area (Å²) < 4.78 is 6.31. The minimum absolute atomic E-state index is 0.102. The van der Waals surface area contributed by atoms with Gasteiger partial charge in [0.1, 0.15) is 11.4 Å². The highest BCUT2D eigenvalue weighted by Crippen LogP contribution is 2.42. The Hall–Kier alpha value is -0.990. The van der Waals surface area contributed by atoms with Gasteiger partial charge in [-0.25, -0.2) is 0 Å². The lowest BCUT2D eigenvalue weighted by molar-refractivity contribution is 0.0616. The van der Waals surface area contributed by atoms with Gasteiger partial charge in [-0.2, -0.15) is 0 Å². The summed E-state index contributed by atoms with van der Waals surface area (Å²) in [7, 11) is 0. The molecule has 3 heterocycles. The van der Waals surface area contributed by atoms with E-state index >= 15 is 0 Å². The number of fused-ring (bicyclic) bond motifs is 3. The molecule has 2 unspecified atom stereocenters. The van der Waals surface area contributed by atoms with Crippen LogP contribution < -0.4 is 10.1 Å². The van der Waals surface area contributed by atoms with Gasteiger partial charge in [0.25, 0.3) is 0 Å². The summed E-state index contributed by atoms with van der Waals surface area (Å²) in [6.07, 6.45) is 9.17. The summed E-state index contributed by atoms with van der Waals surface area (Å²) in [5.41, 5.74) is 1.03. The van der Waals surface area contributed by atoms with Crippen molar-refractivity contribution in [1.82, 2.24) is 5.32 Å². The molecule has 4 rings (SSSR count). The van der Waals surface area contributed by atoms with Crippen LogP contribution in [0.25, 0.3) is 6.08 Å². The molecule has 1 spiro atoms. The van der Waals surface area contributed by atoms with E-state index in [1.807, 2.05) is 18.2 Å². The van der Waals surface area contributed by atoms with E-state index in [0.717, 1.165) is 29.2 Å². The molecule has 0 radical (unpaired) electrons. The molecule has 1 aromatic carbocycles. The molecule has 1 aromatic rings. The highest BCUT2D eigenvalue weighted by molar-refractivity contribution is 6.30. The number of halogens is 1. The van der Waals surface area contributed by atoms with Crippen LogP contribution in [0.3, 0.4) is 0 Å². The number of hydrogen-bond acceptors (Lipinski definition) is 2. The van der Waals surface area contributed by atoms with E-state index in [0.29, 0.717) is 12.1 Å². The fraction of sp³-hybridized carbons (Fsp3) is 0.467. The van der Waals surface area contributed by atoms with Gasteiger partial charge >= 0.3 is 0 Å². The standard InChI is InChI=1S/C15H16ClNO/c16-11-2-1-10-5-6-15(18-14(10)7-11)8-12-3-4-13(9-15)17-12/h1-2,5-7,12-13,17H,3-4,8-9H2. The smallest absolute Gasteiger partial charge is 0.130 e. The SMILES string of the molecule is Clc1ccc2c(c1)OC1(C=C2)CC2CCC(C1)N2. The van der Waals surface area contributed by atoms with Crippen LogP contribution in [0.5, 0.6) is 5.75 Å². The molecule has 3 aliphatic heterocycles. The maximum absolute atomic E-state index is 6.31. The Morgan fingerprint density at radius 2 is 2.00 bits per heavy atom. The lowest BCUT2D eigenvalue weighted by atomic mass is 9.85. The molecule has 0 amide bonds. The summed E-state index contributed by atoms with van der Waals surface area (Å²) in [5, 5.41) is 4.40. The zero-order chi connectivity index (χ0) is 12.2. The van der Waals surface area contributed by atoms with Crippen molar-refractivity contribution in [3.05, 3.63) is 34.9 Å². The molecule has 3 aliphatic rings. The molecule has 2 atom stereocenters. The van der Waals surface area contributed by atoms with Crippen LogP contribution >= 0.6 is 11.6 Å². The molecule has 0 aliphatic carbocycles. The van der Waals surface area contributed by atoms with E-state index in [4.69, 9.17) is 16.3 Å². The lowest BCUT2D eigenvalue weighted by Gasteiger charge is -2.41. The zero-order valence-corrected chi connectivity index (χ0v) is 10.9. The van der Waals surface area contributed by atoms with Gasteiger partial charge in [-0.05, 0) is 37.1 Å². The van der Waals surface area contributed by atoms with Crippen molar-refractivity contribution in [2.45, 2.75) is 43.4 Å². The topological polar surface area (TPSA) is 21.3 Å². The van der Waals surface area contributed by atoms with Gasteiger partial charge in [-0.3, -0.25) is 0 Å². The molecule has 18 heavy (non-hydrogen) atoms. The highest BCUT2D eigenvalue weighted by atomic mass is 35.5. The van der Waals surface area contributed by atoms with Crippen molar-refractivity contribution in [3.63, 3.8) is 0 Å². The van der Waals surface area contributed by atoms with E-state index in [2.05, 4.69) is 17.5 Å². The minimum Gasteiger partial charge on any atom is -0.482 e. The molecule has 94 valence electrons. The van der Waals surface area contributed by atoms with Crippen LogP contribution in [0.2, 0.25) is 5.02 Å². The first-order valence-electron chi connectivity index (χ1n) is 6.66.